The van der Waals surface area contributed by atoms with Crippen LogP contribution < -0.4 is 10.6 Å². The lowest BCUT2D eigenvalue weighted by molar-refractivity contribution is -0.141. The highest BCUT2D eigenvalue weighted by molar-refractivity contribution is 5.81. The monoisotopic (exact) mass is 484 g/mol. The lowest BCUT2D eigenvalue weighted by Gasteiger charge is -2.19. The molecule has 0 heterocycles. The van der Waals surface area contributed by atoms with Crippen molar-refractivity contribution in [2.24, 2.45) is 0 Å². The van der Waals surface area contributed by atoms with Crippen LogP contribution in [0.4, 0.5) is 9.59 Å². The smallest absolute Gasteiger partial charge is 0.407 e. The zero-order valence-corrected chi connectivity index (χ0v) is 20.2. The summed E-state index contributed by atoms with van der Waals surface area (Å²) in [4.78, 5) is 35.5. The molecular weight excluding hydrogens is 452 g/mol. The van der Waals surface area contributed by atoms with Crippen molar-refractivity contribution < 1.29 is 33.7 Å². The second kappa shape index (κ2) is 11.7. The van der Waals surface area contributed by atoms with Gasteiger partial charge < -0.3 is 30.0 Å². The van der Waals surface area contributed by atoms with Gasteiger partial charge in [-0.1, -0.05) is 48.5 Å². The van der Waals surface area contributed by atoms with Crippen molar-refractivity contribution >= 4 is 18.2 Å². The van der Waals surface area contributed by atoms with Crippen molar-refractivity contribution in [3.8, 4) is 11.1 Å². The van der Waals surface area contributed by atoms with Crippen molar-refractivity contribution in [1.82, 2.24) is 10.6 Å². The molecule has 0 saturated heterocycles. The Labute approximate surface area is 204 Å². The van der Waals surface area contributed by atoms with Crippen LogP contribution in [0.1, 0.15) is 44.2 Å². The third-order valence-electron chi connectivity index (χ3n) is 5.35. The van der Waals surface area contributed by atoms with Gasteiger partial charge in [-0.3, -0.25) is 0 Å². The van der Waals surface area contributed by atoms with Gasteiger partial charge in [0.15, 0.2) is 6.04 Å². The van der Waals surface area contributed by atoms with E-state index in [1.165, 1.54) is 0 Å². The summed E-state index contributed by atoms with van der Waals surface area (Å²) >= 11 is 0. The first-order valence-corrected chi connectivity index (χ1v) is 11.5. The zero-order chi connectivity index (χ0) is 25.4. The quantitative estimate of drug-likeness (QED) is 0.437. The SMILES string of the molecule is CC(C)(C)OC(=O)NCCCOCC(NC(=O)OCC1c2ccccc2-c2ccccc21)C(=O)O. The first kappa shape index (κ1) is 26.0. The van der Waals surface area contributed by atoms with E-state index in [9.17, 15) is 19.5 Å². The van der Waals surface area contributed by atoms with Gasteiger partial charge in [-0.2, -0.15) is 0 Å². The molecule has 188 valence electrons. The molecule has 3 N–H and O–H groups in total. The minimum Gasteiger partial charge on any atom is -0.480 e. The third kappa shape index (κ3) is 7.45. The van der Waals surface area contributed by atoms with Gasteiger partial charge in [0, 0.05) is 19.1 Å². The number of fused-ring (bicyclic) bond motifs is 3. The van der Waals surface area contributed by atoms with E-state index in [1.807, 2.05) is 48.5 Å². The molecule has 9 heteroatoms. The molecule has 1 aliphatic carbocycles. The van der Waals surface area contributed by atoms with Crippen LogP contribution >= 0.6 is 0 Å². The molecule has 1 aliphatic rings. The first-order valence-electron chi connectivity index (χ1n) is 11.5. The summed E-state index contributed by atoms with van der Waals surface area (Å²) in [6, 6.07) is 14.7. The predicted octanol–water partition coefficient (Wildman–Crippen LogP) is 3.91. The molecule has 35 heavy (non-hydrogen) atoms. The van der Waals surface area contributed by atoms with Crippen molar-refractivity contribution in [2.75, 3.05) is 26.4 Å². The minimum absolute atomic E-state index is 0.0867. The number of aliphatic carboxylic acids is 1. The van der Waals surface area contributed by atoms with Crippen molar-refractivity contribution in [2.45, 2.75) is 44.8 Å². The fourth-order valence-electron chi connectivity index (χ4n) is 3.84. The second-order valence-electron chi connectivity index (χ2n) is 9.22. The van der Waals surface area contributed by atoms with Crippen LogP contribution in [0.2, 0.25) is 0 Å². The highest BCUT2D eigenvalue weighted by atomic mass is 16.6. The maximum absolute atomic E-state index is 12.3. The van der Waals surface area contributed by atoms with E-state index < -0.39 is 29.8 Å². The van der Waals surface area contributed by atoms with Crippen LogP contribution in [0.3, 0.4) is 0 Å². The summed E-state index contributed by atoms with van der Waals surface area (Å²) in [5, 5.41) is 14.4. The van der Waals surface area contributed by atoms with Gasteiger partial charge in [-0.25, -0.2) is 14.4 Å². The third-order valence-corrected chi connectivity index (χ3v) is 5.35. The van der Waals surface area contributed by atoms with Gasteiger partial charge in [0.1, 0.15) is 12.2 Å². The number of carbonyl (C=O) groups excluding carboxylic acids is 2. The number of amides is 2. The molecule has 1 unspecified atom stereocenters. The maximum Gasteiger partial charge on any atom is 0.407 e. The van der Waals surface area contributed by atoms with E-state index in [0.29, 0.717) is 13.0 Å². The Balaban J connectivity index is 1.42. The van der Waals surface area contributed by atoms with Crippen LogP contribution in [0.15, 0.2) is 48.5 Å². The van der Waals surface area contributed by atoms with Crippen LogP contribution in [0.5, 0.6) is 0 Å². The summed E-state index contributed by atoms with van der Waals surface area (Å²) in [5.41, 5.74) is 3.77. The summed E-state index contributed by atoms with van der Waals surface area (Å²) in [6.07, 6.45) is -0.899. The van der Waals surface area contributed by atoms with Crippen LogP contribution in [-0.4, -0.2) is 61.3 Å². The largest absolute Gasteiger partial charge is 0.480 e. The molecule has 0 bridgehead atoms. The predicted molar refractivity (Wildman–Crippen MR) is 129 cm³/mol. The Hall–Kier alpha value is -3.59. The Bertz CT molecular complexity index is 1000. The molecular formula is C26H32N2O7. The maximum atomic E-state index is 12.3. The standard InChI is InChI=1S/C26H32N2O7/c1-26(2,3)35-24(31)27-13-8-14-33-16-22(23(29)30)28-25(32)34-15-21-19-11-6-4-9-17(19)18-10-5-7-12-20(18)21/h4-7,9-12,21-22H,8,13-16H2,1-3H3,(H,27,31)(H,28,32)(H,29,30). The highest BCUT2D eigenvalue weighted by Gasteiger charge is 2.29. The molecule has 9 nitrogen and oxygen atoms in total. The van der Waals surface area contributed by atoms with E-state index in [-0.39, 0.29) is 25.7 Å². The minimum atomic E-state index is -1.26. The van der Waals surface area contributed by atoms with E-state index >= 15 is 0 Å². The van der Waals surface area contributed by atoms with Gasteiger partial charge in [-0.15, -0.1) is 0 Å². The normalized spacial score (nSPS) is 13.3. The Morgan fingerprint density at radius 2 is 1.57 bits per heavy atom. The number of carboxylic acid groups (broad SMARTS) is 1. The molecule has 0 fully saturated rings. The number of alkyl carbamates (subject to hydrolysis) is 2. The van der Waals surface area contributed by atoms with Gasteiger partial charge in [0.2, 0.25) is 0 Å². The van der Waals surface area contributed by atoms with E-state index in [1.54, 1.807) is 20.8 Å². The number of rotatable bonds is 10. The number of nitrogens with one attached hydrogen (secondary N) is 2. The van der Waals surface area contributed by atoms with Crippen LogP contribution in [0.25, 0.3) is 11.1 Å². The average molecular weight is 485 g/mol. The molecule has 0 saturated carbocycles. The zero-order valence-electron chi connectivity index (χ0n) is 20.2. The Morgan fingerprint density at radius 3 is 2.14 bits per heavy atom. The number of carboxylic acids is 1. The van der Waals surface area contributed by atoms with Crippen LogP contribution in [-0.2, 0) is 19.0 Å². The molecule has 2 aromatic carbocycles. The first-order chi connectivity index (χ1) is 16.7. The lowest BCUT2D eigenvalue weighted by atomic mass is 9.98. The number of ether oxygens (including phenoxy) is 3. The van der Waals surface area contributed by atoms with Gasteiger partial charge in [-0.05, 0) is 49.4 Å². The van der Waals surface area contributed by atoms with E-state index in [2.05, 4.69) is 10.6 Å². The van der Waals surface area contributed by atoms with Crippen molar-refractivity contribution in [1.29, 1.82) is 0 Å². The lowest BCUT2D eigenvalue weighted by Crippen LogP contribution is -2.44. The van der Waals surface area contributed by atoms with Gasteiger partial charge >= 0.3 is 18.2 Å². The molecule has 0 spiro atoms. The van der Waals surface area contributed by atoms with E-state index in [0.717, 1.165) is 22.3 Å². The molecule has 0 radical (unpaired) electrons. The summed E-state index contributed by atoms with van der Waals surface area (Å²) in [6.45, 7) is 5.68. The van der Waals surface area contributed by atoms with Gasteiger partial charge in [0.25, 0.3) is 0 Å². The number of benzene rings is 2. The van der Waals surface area contributed by atoms with Crippen LogP contribution in [0, 0.1) is 0 Å². The Morgan fingerprint density at radius 1 is 0.971 bits per heavy atom. The molecule has 1 atom stereocenters. The Kier molecular flexibility index (Phi) is 8.70. The topological polar surface area (TPSA) is 123 Å². The number of carbonyl (C=O) groups is 3. The molecule has 2 aromatic rings. The summed E-state index contributed by atoms with van der Waals surface area (Å²) < 4.78 is 15.9. The van der Waals surface area contributed by atoms with Crippen molar-refractivity contribution in [3.05, 3.63) is 59.7 Å². The summed E-state index contributed by atoms with van der Waals surface area (Å²) in [7, 11) is 0. The number of hydrogen-bond acceptors (Lipinski definition) is 6. The summed E-state index contributed by atoms with van der Waals surface area (Å²) in [5.74, 6) is -1.35. The highest BCUT2D eigenvalue weighted by Crippen LogP contribution is 2.44. The average Bonchev–Trinajstić information content (AvgIpc) is 3.11. The molecule has 2 amide bonds. The van der Waals surface area contributed by atoms with Gasteiger partial charge in [0.05, 0.1) is 6.61 Å². The second-order valence-corrected chi connectivity index (χ2v) is 9.22. The molecule has 0 aliphatic heterocycles. The fraction of sp³-hybridized carbons (Fsp3) is 0.423. The van der Waals surface area contributed by atoms with E-state index in [4.69, 9.17) is 14.2 Å². The molecule has 3 rings (SSSR count). The molecule has 0 aromatic heterocycles. The van der Waals surface area contributed by atoms with Crippen molar-refractivity contribution in [3.63, 3.8) is 0 Å². The number of hydrogen-bond donors (Lipinski definition) is 3. The fourth-order valence-corrected chi connectivity index (χ4v) is 3.84.